The first-order chi connectivity index (χ1) is 30.0. The first-order valence-electron chi connectivity index (χ1n) is 21.2. The minimum atomic E-state index is -0.914. The number of nitrogens with one attached hydrogen (secondary N) is 4. The summed E-state index contributed by atoms with van der Waals surface area (Å²) >= 11 is 6.88. The molecule has 1 saturated carbocycles. The van der Waals surface area contributed by atoms with Crippen LogP contribution in [0.15, 0.2) is 84.9 Å². The van der Waals surface area contributed by atoms with Crippen LogP contribution in [0.5, 0.6) is 0 Å². The Balaban J connectivity index is 0.944. The van der Waals surface area contributed by atoms with Crippen molar-refractivity contribution in [2.45, 2.75) is 76.2 Å². The van der Waals surface area contributed by atoms with Gasteiger partial charge in [-0.15, -0.1) is 0 Å². The molecule has 1 aliphatic carbocycles. The van der Waals surface area contributed by atoms with E-state index in [1.54, 1.807) is 0 Å². The second-order valence-electron chi connectivity index (χ2n) is 16.8. The predicted molar refractivity (Wildman–Crippen MR) is 235 cm³/mol. The molecule has 2 aliphatic heterocycles. The first-order valence-corrected chi connectivity index (χ1v) is 21.6. The number of likely N-dealkylation sites (tertiary alicyclic amines) is 2. The zero-order valence-corrected chi connectivity index (χ0v) is 35.7. The van der Waals surface area contributed by atoms with E-state index in [0.29, 0.717) is 28.8 Å². The molecule has 62 heavy (non-hydrogen) atoms. The molecule has 2 aromatic heterocycles. The number of halogens is 1. The molecular weight excluding hydrogens is 808 g/mol. The van der Waals surface area contributed by atoms with Crippen LogP contribution in [-0.2, 0) is 19.1 Å². The third-order valence-corrected chi connectivity index (χ3v) is 13.1. The number of nitrogens with zero attached hydrogens (tertiary/aromatic N) is 4. The van der Waals surface area contributed by atoms with Gasteiger partial charge in [-0.1, -0.05) is 98.2 Å². The molecular formula is C47H49ClN8O6. The van der Waals surface area contributed by atoms with Gasteiger partial charge in [-0.3, -0.25) is 9.59 Å². The number of aromatic amines is 2. The number of rotatable bonds is 10. The van der Waals surface area contributed by atoms with Crippen molar-refractivity contribution in [1.82, 2.24) is 40.4 Å². The van der Waals surface area contributed by atoms with Gasteiger partial charge in [-0.2, -0.15) is 0 Å². The second kappa shape index (κ2) is 16.8. The Labute approximate surface area is 363 Å². The van der Waals surface area contributed by atoms with Gasteiger partial charge in [0.15, 0.2) is 0 Å². The van der Waals surface area contributed by atoms with Crippen molar-refractivity contribution in [3.05, 3.63) is 107 Å². The summed E-state index contributed by atoms with van der Waals surface area (Å²) in [6, 6.07) is 25.6. The van der Waals surface area contributed by atoms with Gasteiger partial charge in [0.1, 0.15) is 34.6 Å². The quantitative estimate of drug-likeness (QED) is 0.106. The molecule has 14 nitrogen and oxygen atoms in total. The molecule has 4 amide bonds. The van der Waals surface area contributed by atoms with Crippen molar-refractivity contribution in [3.8, 4) is 22.4 Å². The summed E-state index contributed by atoms with van der Waals surface area (Å²) in [4.78, 5) is 73.2. The summed E-state index contributed by atoms with van der Waals surface area (Å²) < 4.78 is 9.68. The van der Waals surface area contributed by atoms with Crippen molar-refractivity contribution < 1.29 is 28.7 Å². The number of benzene rings is 4. The molecule has 320 valence electrons. The summed E-state index contributed by atoms with van der Waals surface area (Å²) in [7, 11) is 2.58. The molecule has 4 aromatic carbocycles. The third-order valence-electron chi connectivity index (χ3n) is 12.8. The summed E-state index contributed by atoms with van der Waals surface area (Å²) in [5.41, 5.74) is 5.88. The molecule has 4 N–H and O–H groups in total. The topological polar surface area (TPSA) is 175 Å². The van der Waals surface area contributed by atoms with Crippen LogP contribution < -0.4 is 10.6 Å². The number of carbonyl (C=O) groups excluding carboxylic acids is 4. The van der Waals surface area contributed by atoms with Crippen LogP contribution in [0.4, 0.5) is 9.59 Å². The lowest BCUT2D eigenvalue weighted by molar-refractivity contribution is -0.138. The highest BCUT2D eigenvalue weighted by molar-refractivity contribution is 6.32. The number of hydrogen-bond acceptors (Lipinski definition) is 8. The van der Waals surface area contributed by atoms with Crippen LogP contribution in [-0.4, -0.2) is 86.6 Å². The van der Waals surface area contributed by atoms with E-state index < -0.39 is 24.3 Å². The number of methoxy groups -OCH3 is 2. The Morgan fingerprint density at radius 2 is 1.52 bits per heavy atom. The minimum absolute atomic E-state index is 0.0251. The molecule has 4 heterocycles. The summed E-state index contributed by atoms with van der Waals surface area (Å²) in [6.45, 7) is 4.39. The number of ether oxygens (including phenoxy) is 2. The average molecular weight is 857 g/mol. The van der Waals surface area contributed by atoms with Crippen LogP contribution in [0.3, 0.4) is 0 Å². The van der Waals surface area contributed by atoms with E-state index in [4.69, 9.17) is 31.0 Å². The fourth-order valence-electron chi connectivity index (χ4n) is 9.79. The Kier molecular flexibility index (Phi) is 11.1. The largest absolute Gasteiger partial charge is 0.453 e. The minimum Gasteiger partial charge on any atom is -0.453 e. The SMILES string of the molecule is COC(=O)N[C@H](C(=O)N1CCC[C@H]1c1nc2c(ccc3cc(-c4ccc(-c5nc([C@@H]6[C@H]7CC[C@H](C7)N6C(=O)[C@H](NC(=O)OC)c6ccccc6)[nH]c5Cl)cc4)ccc32)[nH]1)C(C)C. The molecule has 9 rings (SSSR count). The van der Waals surface area contributed by atoms with Crippen molar-refractivity contribution >= 4 is 57.4 Å². The lowest BCUT2D eigenvalue weighted by Crippen LogP contribution is -2.51. The smallest absolute Gasteiger partial charge is 0.407 e. The van der Waals surface area contributed by atoms with Crippen LogP contribution >= 0.6 is 11.6 Å². The lowest BCUT2D eigenvalue weighted by atomic mass is 9.96. The molecule has 0 unspecified atom stereocenters. The van der Waals surface area contributed by atoms with E-state index in [2.05, 4.69) is 44.9 Å². The number of aromatic nitrogens is 4. The number of alkyl carbamates (subject to hydrolysis) is 2. The van der Waals surface area contributed by atoms with Crippen LogP contribution in [0, 0.1) is 11.8 Å². The van der Waals surface area contributed by atoms with E-state index >= 15 is 0 Å². The highest BCUT2D eigenvalue weighted by Gasteiger charge is 2.51. The normalized spacial score (nSPS) is 20.5. The molecule has 0 spiro atoms. The van der Waals surface area contributed by atoms with E-state index in [9.17, 15) is 19.2 Å². The van der Waals surface area contributed by atoms with Gasteiger partial charge < -0.3 is 39.9 Å². The number of H-pyrrole nitrogens is 2. The number of hydrogen-bond donors (Lipinski definition) is 4. The van der Waals surface area contributed by atoms with Gasteiger partial charge in [0.2, 0.25) is 5.91 Å². The first kappa shape index (κ1) is 41.0. The van der Waals surface area contributed by atoms with Crippen molar-refractivity contribution in [1.29, 1.82) is 0 Å². The van der Waals surface area contributed by atoms with Crippen LogP contribution in [0.2, 0.25) is 5.15 Å². The van der Waals surface area contributed by atoms with Crippen molar-refractivity contribution in [2.24, 2.45) is 11.8 Å². The van der Waals surface area contributed by atoms with Gasteiger partial charge in [-0.05, 0) is 78.1 Å². The van der Waals surface area contributed by atoms with Crippen LogP contribution in [0.1, 0.15) is 81.3 Å². The Morgan fingerprint density at radius 1 is 0.790 bits per heavy atom. The Bertz CT molecular complexity index is 2660. The number of piperidine rings is 1. The Morgan fingerprint density at radius 3 is 2.26 bits per heavy atom. The summed E-state index contributed by atoms with van der Waals surface area (Å²) in [5.74, 6) is 1.09. The zero-order valence-electron chi connectivity index (χ0n) is 35.0. The Hall–Kier alpha value is -6.41. The molecule has 2 bridgehead atoms. The maximum atomic E-state index is 14.4. The highest BCUT2D eigenvalue weighted by atomic mass is 35.5. The molecule has 6 aromatic rings. The summed E-state index contributed by atoms with van der Waals surface area (Å²) in [5, 5.41) is 7.89. The maximum Gasteiger partial charge on any atom is 0.407 e. The van der Waals surface area contributed by atoms with Crippen molar-refractivity contribution in [2.75, 3.05) is 20.8 Å². The second-order valence-corrected chi connectivity index (χ2v) is 17.2. The number of fused-ring (bicyclic) bond motifs is 5. The monoisotopic (exact) mass is 856 g/mol. The van der Waals surface area contributed by atoms with Gasteiger partial charge in [0, 0.05) is 23.5 Å². The summed E-state index contributed by atoms with van der Waals surface area (Å²) in [6.07, 6.45) is 3.00. The lowest BCUT2D eigenvalue weighted by Gasteiger charge is -2.36. The molecule has 15 heteroatoms. The van der Waals surface area contributed by atoms with E-state index in [1.807, 2.05) is 84.3 Å². The fourth-order valence-corrected chi connectivity index (χ4v) is 10.0. The fraction of sp³-hybridized carbons (Fsp3) is 0.362. The van der Waals surface area contributed by atoms with E-state index in [1.165, 1.54) is 14.2 Å². The maximum absolute atomic E-state index is 14.4. The average Bonchev–Trinajstić information content (AvgIpc) is 4.15. The van der Waals surface area contributed by atoms with Gasteiger partial charge in [0.05, 0.1) is 37.3 Å². The number of imidazole rings is 2. The van der Waals surface area contributed by atoms with E-state index in [0.717, 1.165) is 76.4 Å². The van der Waals surface area contributed by atoms with Crippen LogP contribution in [0.25, 0.3) is 44.2 Å². The highest BCUT2D eigenvalue weighted by Crippen LogP contribution is 2.51. The molecule has 2 saturated heterocycles. The molecule has 0 radical (unpaired) electrons. The number of amides is 4. The van der Waals surface area contributed by atoms with Gasteiger partial charge in [-0.25, -0.2) is 19.6 Å². The van der Waals surface area contributed by atoms with Gasteiger partial charge in [0.25, 0.3) is 5.91 Å². The third kappa shape index (κ3) is 7.50. The predicted octanol–water partition coefficient (Wildman–Crippen LogP) is 8.62. The standard InChI is InChI=1S/C47H49ClN8O6/c1-25(2)36(52-46(59)61-3)44(57)55-22-8-11-35(55)42-49-34-21-18-30-23-29(17-20-33(30)39(34)51-42)26-12-14-28(15-13-26)37-41(48)54-43(50-37)40-31-16-19-32(24-31)56(40)45(58)38(53-47(60)62-4)27-9-6-5-7-10-27/h5-7,9-10,12-15,17-18,20-21,23,25,31-32,35-36,38,40H,8,11,16,19,22,24H2,1-4H3,(H,49,51)(H,50,54)(H,52,59)(H,53,60)/t31-,32+,35-,36-,38+,40-/m0/s1. The van der Waals surface area contributed by atoms with Gasteiger partial charge >= 0.3 is 12.2 Å². The number of carbonyl (C=O) groups is 4. The van der Waals surface area contributed by atoms with E-state index in [-0.39, 0.29) is 41.8 Å². The van der Waals surface area contributed by atoms with Crippen molar-refractivity contribution in [3.63, 3.8) is 0 Å². The zero-order chi connectivity index (χ0) is 43.2. The molecule has 6 atom stereocenters. The molecule has 3 fully saturated rings. The molecule has 3 aliphatic rings.